The minimum absolute atomic E-state index is 0.0395. The van der Waals surface area contributed by atoms with Crippen LogP contribution in [0.4, 0.5) is 16.2 Å². The van der Waals surface area contributed by atoms with E-state index in [0.29, 0.717) is 35.5 Å². The zero-order valence-electron chi connectivity index (χ0n) is 15.3. The highest BCUT2D eigenvalue weighted by atomic mass is 35.5. The van der Waals surface area contributed by atoms with Crippen LogP contribution in [0.1, 0.15) is 9.67 Å². The summed E-state index contributed by atoms with van der Waals surface area (Å²) in [6.45, 7) is 2.02. The van der Waals surface area contributed by atoms with Gasteiger partial charge in [-0.05, 0) is 36.4 Å². The zero-order chi connectivity index (χ0) is 20.4. The standard InChI is InChI=1S/C19H18ClN3O4S2/c20-16-6-5-15(29-16)18(25)21-9-14-10-23(19(26)28-14)13-3-1-12(2-4-13)22-7-8-27-11-17(22)24/h1-6,14H,7-11H2,(H,21,25). The van der Waals surface area contributed by atoms with Crippen LogP contribution < -0.4 is 15.1 Å². The summed E-state index contributed by atoms with van der Waals surface area (Å²) < 4.78 is 5.71. The van der Waals surface area contributed by atoms with Gasteiger partial charge in [-0.15, -0.1) is 11.3 Å². The number of halogens is 1. The number of benzene rings is 1. The molecule has 1 aromatic heterocycles. The van der Waals surface area contributed by atoms with Crippen LogP contribution in [0.15, 0.2) is 36.4 Å². The first-order valence-electron chi connectivity index (χ1n) is 9.01. The van der Waals surface area contributed by atoms with Crippen LogP contribution in [0.25, 0.3) is 0 Å². The van der Waals surface area contributed by atoms with Crippen LogP contribution in [-0.4, -0.2) is 55.2 Å². The number of anilines is 2. The number of rotatable bonds is 5. The van der Waals surface area contributed by atoms with Crippen LogP contribution in [0.2, 0.25) is 4.34 Å². The highest BCUT2D eigenvalue weighted by Crippen LogP contribution is 2.31. The molecule has 152 valence electrons. The van der Waals surface area contributed by atoms with Gasteiger partial charge in [0.2, 0.25) is 0 Å². The molecule has 2 aliphatic rings. The SMILES string of the molecule is O=C(NCC1CN(c2ccc(N3CCOCC3=O)cc2)C(=O)S1)c1ccc(Cl)s1. The predicted octanol–water partition coefficient (Wildman–Crippen LogP) is 3.24. The molecule has 1 N–H and O–H groups in total. The maximum atomic E-state index is 12.4. The molecular formula is C19H18ClN3O4S2. The lowest BCUT2D eigenvalue weighted by Gasteiger charge is -2.27. The van der Waals surface area contributed by atoms with Crippen molar-refractivity contribution in [1.29, 1.82) is 0 Å². The van der Waals surface area contributed by atoms with Crippen LogP contribution >= 0.6 is 34.7 Å². The average Bonchev–Trinajstić information content (AvgIpc) is 3.32. The third kappa shape index (κ3) is 4.58. The Balaban J connectivity index is 1.35. The maximum Gasteiger partial charge on any atom is 0.286 e. The summed E-state index contributed by atoms with van der Waals surface area (Å²) in [5, 5.41) is 2.76. The summed E-state index contributed by atoms with van der Waals surface area (Å²) >= 11 is 8.30. The molecule has 29 heavy (non-hydrogen) atoms. The molecule has 0 saturated carbocycles. The van der Waals surface area contributed by atoms with Gasteiger partial charge in [0.15, 0.2) is 0 Å². The molecule has 3 heterocycles. The normalized spacial score (nSPS) is 19.7. The Morgan fingerprint density at radius 1 is 1.14 bits per heavy atom. The highest BCUT2D eigenvalue weighted by molar-refractivity contribution is 8.14. The molecule has 0 spiro atoms. The molecule has 7 nitrogen and oxygen atoms in total. The molecule has 1 atom stereocenters. The number of ether oxygens (including phenoxy) is 1. The van der Waals surface area contributed by atoms with Crippen LogP contribution in [0, 0.1) is 0 Å². The van der Waals surface area contributed by atoms with Gasteiger partial charge in [-0.25, -0.2) is 0 Å². The first-order valence-corrected chi connectivity index (χ1v) is 11.1. The number of thioether (sulfide) groups is 1. The molecule has 10 heteroatoms. The Labute approximate surface area is 180 Å². The third-order valence-electron chi connectivity index (χ3n) is 4.62. The van der Waals surface area contributed by atoms with Crippen molar-refractivity contribution in [1.82, 2.24) is 5.32 Å². The van der Waals surface area contributed by atoms with Crippen LogP contribution in [-0.2, 0) is 9.53 Å². The third-order valence-corrected chi connectivity index (χ3v) is 6.92. The van der Waals surface area contributed by atoms with E-state index in [-0.39, 0.29) is 28.9 Å². The average molecular weight is 452 g/mol. The molecule has 1 aromatic carbocycles. The quantitative estimate of drug-likeness (QED) is 0.755. The number of hydrogen-bond donors (Lipinski definition) is 1. The highest BCUT2D eigenvalue weighted by Gasteiger charge is 2.32. The van der Waals surface area contributed by atoms with Gasteiger partial charge in [-0.1, -0.05) is 23.4 Å². The number of carbonyl (C=O) groups is 3. The lowest BCUT2D eigenvalue weighted by atomic mass is 10.2. The van der Waals surface area contributed by atoms with Gasteiger partial charge < -0.3 is 19.9 Å². The summed E-state index contributed by atoms with van der Waals surface area (Å²) in [5.74, 6) is -0.257. The summed E-state index contributed by atoms with van der Waals surface area (Å²) in [6.07, 6.45) is 0. The van der Waals surface area contributed by atoms with E-state index in [1.54, 1.807) is 21.9 Å². The topological polar surface area (TPSA) is 79.0 Å². The Kier molecular flexibility index (Phi) is 6.09. The Bertz CT molecular complexity index is 934. The lowest BCUT2D eigenvalue weighted by Crippen LogP contribution is -2.41. The number of thiophene rings is 1. The number of hydrogen-bond acceptors (Lipinski definition) is 6. The second kappa shape index (κ2) is 8.74. The van der Waals surface area contributed by atoms with Gasteiger partial charge in [0.05, 0.1) is 15.8 Å². The second-order valence-electron chi connectivity index (χ2n) is 6.54. The van der Waals surface area contributed by atoms with E-state index in [4.69, 9.17) is 16.3 Å². The molecule has 2 fully saturated rings. The minimum atomic E-state index is -0.187. The van der Waals surface area contributed by atoms with Crippen molar-refractivity contribution in [2.24, 2.45) is 0 Å². The fourth-order valence-corrected chi connectivity index (χ4v) is 5.11. The largest absolute Gasteiger partial charge is 0.370 e. The summed E-state index contributed by atoms with van der Waals surface area (Å²) in [6, 6.07) is 10.7. The molecule has 0 radical (unpaired) electrons. The van der Waals surface area contributed by atoms with Crippen molar-refractivity contribution in [3.63, 3.8) is 0 Å². The molecule has 2 aliphatic heterocycles. The lowest BCUT2D eigenvalue weighted by molar-refractivity contribution is -0.125. The summed E-state index contributed by atoms with van der Waals surface area (Å²) in [5.41, 5.74) is 1.56. The van der Waals surface area contributed by atoms with Crippen molar-refractivity contribution < 1.29 is 19.1 Å². The molecule has 1 unspecified atom stereocenters. The molecule has 0 bridgehead atoms. The van der Waals surface area contributed by atoms with Gasteiger partial charge in [0.25, 0.3) is 17.1 Å². The molecule has 2 saturated heterocycles. The summed E-state index contributed by atoms with van der Waals surface area (Å²) in [7, 11) is 0. The van der Waals surface area contributed by atoms with Gasteiger partial charge in [-0.2, -0.15) is 0 Å². The van der Waals surface area contributed by atoms with Crippen molar-refractivity contribution >= 4 is 63.1 Å². The zero-order valence-corrected chi connectivity index (χ0v) is 17.7. The Hall–Kier alpha value is -2.07. The number of morpholine rings is 1. The van der Waals surface area contributed by atoms with E-state index in [9.17, 15) is 14.4 Å². The number of nitrogens with zero attached hydrogens (tertiary/aromatic N) is 2. The monoisotopic (exact) mass is 451 g/mol. The number of nitrogens with one attached hydrogen (secondary N) is 1. The van der Waals surface area contributed by atoms with E-state index >= 15 is 0 Å². The smallest absolute Gasteiger partial charge is 0.286 e. The van der Waals surface area contributed by atoms with Gasteiger partial charge >= 0.3 is 0 Å². The summed E-state index contributed by atoms with van der Waals surface area (Å²) in [4.78, 5) is 40.5. The van der Waals surface area contributed by atoms with Crippen molar-refractivity contribution in [2.75, 3.05) is 42.6 Å². The van der Waals surface area contributed by atoms with Gasteiger partial charge in [0, 0.05) is 36.3 Å². The maximum absolute atomic E-state index is 12.4. The van der Waals surface area contributed by atoms with E-state index < -0.39 is 0 Å². The van der Waals surface area contributed by atoms with E-state index in [0.717, 1.165) is 11.4 Å². The van der Waals surface area contributed by atoms with Crippen molar-refractivity contribution in [2.45, 2.75) is 5.25 Å². The van der Waals surface area contributed by atoms with E-state index in [1.165, 1.54) is 23.1 Å². The van der Waals surface area contributed by atoms with Gasteiger partial charge in [-0.3, -0.25) is 14.4 Å². The number of amides is 3. The van der Waals surface area contributed by atoms with Crippen LogP contribution in [0.5, 0.6) is 0 Å². The predicted molar refractivity (Wildman–Crippen MR) is 115 cm³/mol. The molecule has 3 amide bonds. The molecule has 0 aliphatic carbocycles. The fourth-order valence-electron chi connectivity index (χ4n) is 3.17. The van der Waals surface area contributed by atoms with Crippen molar-refractivity contribution in [3.8, 4) is 0 Å². The molecule has 4 rings (SSSR count). The van der Waals surface area contributed by atoms with E-state index in [2.05, 4.69) is 5.32 Å². The van der Waals surface area contributed by atoms with Crippen LogP contribution in [0.3, 0.4) is 0 Å². The molecule has 2 aromatic rings. The Morgan fingerprint density at radius 3 is 2.52 bits per heavy atom. The van der Waals surface area contributed by atoms with E-state index in [1.807, 2.05) is 24.3 Å². The molecular weight excluding hydrogens is 434 g/mol. The number of carbonyl (C=O) groups excluding carboxylic acids is 3. The minimum Gasteiger partial charge on any atom is -0.370 e. The fraction of sp³-hybridized carbons (Fsp3) is 0.316. The Morgan fingerprint density at radius 2 is 1.86 bits per heavy atom. The second-order valence-corrected chi connectivity index (χ2v) is 9.51. The first-order chi connectivity index (χ1) is 14.0. The first kappa shape index (κ1) is 20.2. The van der Waals surface area contributed by atoms with Gasteiger partial charge in [0.1, 0.15) is 6.61 Å². The van der Waals surface area contributed by atoms with Crippen molar-refractivity contribution in [3.05, 3.63) is 45.6 Å².